The van der Waals surface area contributed by atoms with Gasteiger partial charge in [-0.1, -0.05) is 38.1 Å². The molecule has 1 saturated heterocycles. The molecule has 0 bridgehead atoms. The van der Waals surface area contributed by atoms with Crippen LogP contribution >= 0.6 is 0 Å². The van der Waals surface area contributed by atoms with Crippen molar-refractivity contribution in [3.8, 4) is 11.1 Å². The molecule has 1 aliphatic rings. The average molecular weight is 334 g/mol. The number of rotatable bonds is 3. The van der Waals surface area contributed by atoms with Crippen LogP contribution in [0.1, 0.15) is 43.9 Å². The van der Waals surface area contributed by atoms with Crippen molar-refractivity contribution >= 4 is 0 Å². The van der Waals surface area contributed by atoms with Crippen LogP contribution in [-0.4, -0.2) is 6.61 Å². The predicted octanol–water partition coefficient (Wildman–Crippen LogP) is 5.82. The minimum absolute atomic E-state index is 0.0491. The van der Waals surface area contributed by atoms with Gasteiger partial charge in [-0.05, 0) is 42.4 Å². The number of halogens is 3. The van der Waals surface area contributed by atoms with Crippen LogP contribution in [0.4, 0.5) is 13.2 Å². The topological polar surface area (TPSA) is 9.23 Å². The highest BCUT2D eigenvalue weighted by atomic mass is 19.2. The Labute approximate surface area is 140 Å². The molecular formula is C20H21F3O. The number of hydrogen-bond donors (Lipinski definition) is 0. The van der Waals surface area contributed by atoms with Crippen molar-refractivity contribution in [2.24, 2.45) is 5.92 Å². The number of ether oxygens (including phenoxy) is 1. The zero-order chi connectivity index (χ0) is 17.3. The van der Waals surface area contributed by atoms with Gasteiger partial charge in [0.25, 0.3) is 0 Å². The SMILES string of the molecule is CCc1ccc(-c2ccc(C3CCC(C)CO3)cc2F)c(F)c1F. The smallest absolute Gasteiger partial charge is 0.167 e. The summed E-state index contributed by atoms with van der Waals surface area (Å²) in [5.74, 6) is -1.94. The van der Waals surface area contributed by atoms with E-state index in [-0.39, 0.29) is 22.8 Å². The lowest BCUT2D eigenvalue weighted by Crippen LogP contribution is -2.18. The van der Waals surface area contributed by atoms with Gasteiger partial charge in [0.1, 0.15) is 5.82 Å². The Morgan fingerprint density at radius 3 is 2.38 bits per heavy atom. The summed E-state index contributed by atoms with van der Waals surface area (Å²) < 4.78 is 48.5. The molecule has 0 spiro atoms. The van der Waals surface area contributed by atoms with Crippen molar-refractivity contribution < 1.29 is 17.9 Å². The first-order valence-corrected chi connectivity index (χ1v) is 8.39. The van der Waals surface area contributed by atoms with Crippen molar-refractivity contribution in [3.63, 3.8) is 0 Å². The van der Waals surface area contributed by atoms with E-state index in [9.17, 15) is 13.2 Å². The largest absolute Gasteiger partial charge is 0.373 e. The fourth-order valence-corrected chi connectivity index (χ4v) is 3.17. The van der Waals surface area contributed by atoms with E-state index in [1.165, 1.54) is 24.3 Å². The number of aryl methyl sites for hydroxylation is 1. The first-order chi connectivity index (χ1) is 11.5. The van der Waals surface area contributed by atoms with Gasteiger partial charge in [-0.2, -0.15) is 0 Å². The van der Waals surface area contributed by atoms with E-state index < -0.39 is 17.5 Å². The van der Waals surface area contributed by atoms with Gasteiger partial charge in [-0.3, -0.25) is 0 Å². The fourth-order valence-electron chi connectivity index (χ4n) is 3.17. The van der Waals surface area contributed by atoms with Gasteiger partial charge in [-0.15, -0.1) is 0 Å². The van der Waals surface area contributed by atoms with Gasteiger partial charge in [0, 0.05) is 17.7 Å². The Morgan fingerprint density at radius 2 is 1.75 bits per heavy atom. The molecule has 2 unspecified atom stereocenters. The zero-order valence-electron chi connectivity index (χ0n) is 13.9. The van der Waals surface area contributed by atoms with Gasteiger partial charge in [0.15, 0.2) is 11.6 Å². The van der Waals surface area contributed by atoms with E-state index in [0.717, 1.165) is 18.4 Å². The van der Waals surface area contributed by atoms with Gasteiger partial charge < -0.3 is 4.74 Å². The third-order valence-corrected chi connectivity index (χ3v) is 4.70. The molecule has 24 heavy (non-hydrogen) atoms. The molecule has 2 atom stereocenters. The maximum absolute atomic E-state index is 14.5. The minimum Gasteiger partial charge on any atom is -0.373 e. The molecule has 0 N–H and O–H groups in total. The monoisotopic (exact) mass is 334 g/mol. The van der Waals surface area contributed by atoms with E-state index in [4.69, 9.17) is 4.74 Å². The molecule has 3 rings (SSSR count). The van der Waals surface area contributed by atoms with Gasteiger partial charge in [-0.25, -0.2) is 13.2 Å². The van der Waals surface area contributed by atoms with Gasteiger partial charge >= 0.3 is 0 Å². The maximum atomic E-state index is 14.5. The summed E-state index contributed by atoms with van der Waals surface area (Å²) in [4.78, 5) is 0. The fraction of sp³-hybridized carbons (Fsp3) is 0.400. The van der Waals surface area contributed by atoms with E-state index in [1.807, 2.05) is 0 Å². The Bertz CT molecular complexity index is 734. The van der Waals surface area contributed by atoms with Crippen molar-refractivity contribution in [2.75, 3.05) is 6.61 Å². The molecule has 1 heterocycles. The molecular weight excluding hydrogens is 313 g/mol. The summed E-state index contributed by atoms with van der Waals surface area (Å²) in [6.07, 6.45) is 2.14. The lowest BCUT2D eigenvalue weighted by molar-refractivity contribution is -0.0125. The van der Waals surface area contributed by atoms with Crippen LogP contribution in [0, 0.1) is 23.4 Å². The van der Waals surface area contributed by atoms with Gasteiger partial charge in [0.05, 0.1) is 6.10 Å². The summed E-state index contributed by atoms with van der Waals surface area (Å²) in [5, 5.41) is 0. The Balaban J connectivity index is 1.92. The summed E-state index contributed by atoms with van der Waals surface area (Å²) in [6.45, 7) is 4.53. The molecule has 0 amide bonds. The molecule has 2 aromatic carbocycles. The minimum atomic E-state index is -0.997. The highest BCUT2D eigenvalue weighted by Gasteiger charge is 2.22. The van der Waals surface area contributed by atoms with E-state index >= 15 is 0 Å². The quantitative estimate of drug-likeness (QED) is 0.687. The van der Waals surface area contributed by atoms with Crippen molar-refractivity contribution in [2.45, 2.75) is 39.2 Å². The predicted molar refractivity (Wildman–Crippen MR) is 88.2 cm³/mol. The first-order valence-electron chi connectivity index (χ1n) is 8.39. The van der Waals surface area contributed by atoms with Crippen molar-refractivity contribution in [1.82, 2.24) is 0 Å². The molecule has 0 saturated carbocycles. The third kappa shape index (κ3) is 3.20. The molecule has 1 nitrogen and oxygen atoms in total. The summed E-state index contributed by atoms with van der Waals surface area (Å²) in [6, 6.07) is 7.57. The van der Waals surface area contributed by atoms with Crippen LogP contribution in [0.5, 0.6) is 0 Å². The standard InChI is InChI=1S/C20H21F3O/c1-3-13-5-8-16(20(23)19(13)22)15-7-6-14(10-17(15)21)18-9-4-12(2)11-24-18/h5-8,10,12,18H,3-4,9,11H2,1-2H3. The molecule has 0 aromatic heterocycles. The number of benzene rings is 2. The highest BCUT2D eigenvalue weighted by molar-refractivity contribution is 5.66. The van der Waals surface area contributed by atoms with Crippen LogP contribution in [0.3, 0.4) is 0 Å². The first kappa shape index (κ1) is 17.0. The van der Waals surface area contributed by atoms with Crippen LogP contribution in [-0.2, 0) is 11.2 Å². The molecule has 0 radical (unpaired) electrons. The lowest BCUT2D eigenvalue weighted by atomic mass is 9.94. The second kappa shape index (κ2) is 6.98. The Morgan fingerprint density at radius 1 is 1.00 bits per heavy atom. The second-order valence-corrected chi connectivity index (χ2v) is 6.50. The molecule has 1 fully saturated rings. The van der Waals surface area contributed by atoms with E-state index in [0.29, 0.717) is 18.9 Å². The third-order valence-electron chi connectivity index (χ3n) is 4.70. The maximum Gasteiger partial charge on any atom is 0.167 e. The average Bonchev–Trinajstić information content (AvgIpc) is 2.58. The molecule has 4 heteroatoms. The van der Waals surface area contributed by atoms with Crippen LogP contribution < -0.4 is 0 Å². The van der Waals surface area contributed by atoms with E-state index in [2.05, 4.69) is 6.92 Å². The molecule has 2 aromatic rings. The highest BCUT2D eigenvalue weighted by Crippen LogP contribution is 2.34. The Kier molecular flexibility index (Phi) is 4.95. The van der Waals surface area contributed by atoms with Crippen LogP contribution in [0.25, 0.3) is 11.1 Å². The van der Waals surface area contributed by atoms with Crippen molar-refractivity contribution in [3.05, 3.63) is 58.9 Å². The summed E-state index contributed by atoms with van der Waals surface area (Å²) >= 11 is 0. The van der Waals surface area contributed by atoms with Gasteiger partial charge in [0.2, 0.25) is 0 Å². The molecule has 1 aliphatic heterocycles. The van der Waals surface area contributed by atoms with Crippen molar-refractivity contribution in [1.29, 1.82) is 0 Å². The normalized spacial score (nSPS) is 21.0. The van der Waals surface area contributed by atoms with E-state index in [1.54, 1.807) is 13.0 Å². The zero-order valence-corrected chi connectivity index (χ0v) is 13.9. The summed E-state index contributed by atoms with van der Waals surface area (Å²) in [7, 11) is 0. The molecule has 128 valence electrons. The summed E-state index contributed by atoms with van der Waals surface area (Å²) in [5.41, 5.74) is 1.06. The Hall–Kier alpha value is -1.81. The van der Waals surface area contributed by atoms with Crippen LogP contribution in [0.2, 0.25) is 0 Å². The lowest BCUT2D eigenvalue weighted by Gasteiger charge is -2.27. The van der Waals surface area contributed by atoms with Crippen LogP contribution in [0.15, 0.2) is 30.3 Å². The molecule has 0 aliphatic carbocycles. The second-order valence-electron chi connectivity index (χ2n) is 6.50. The number of hydrogen-bond acceptors (Lipinski definition) is 1.